The van der Waals surface area contributed by atoms with Crippen molar-refractivity contribution in [3.05, 3.63) is 27.8 Å². The highest BCUT2D eigenvalue weighted by atomic mass is 35.5. The van der Waals surface area contributed by atoms with Crippen LogP contribution in [0.2, 0.25) is 10.3 Å². The lowest BCUT2D eigenvalue weighted by atomic mass is 10.3. The molecule has 0 N–H and O–H groups in total. The van der Waals surface area contributed by atoms with Crippen LogP contribution in [0.25, 0.3) is 0 Å². The van der Waals surface area contributed by atoms with Crippen LogP contribution in [0.3, 0.4) is 0 Å². The molecule has 60 valence electrons. The molecule has 1 rings (SSSR count). The van der Waals surface area contributed by atoms with Crippen molar-refractivity contribution in [1.82, 2.24) is 4.98 Å². The van der Waals surface area contributed by atoms with Gasteiger partial charge in [0, 0.05) is 5.56 Å². The smallest absolute Gasteiger partial charge is 0.166 e. The minimum absolute atomic E-state index is 0.125. The van der Waals surface area contributed by atoms with Crippen LogP contribution in [0, 0.1) is 5.82 Å². The lowest BCUT2D eigenvalue weighted by Gasteiger charge is -1.99. The van der Waals surface area contributed by atoms with Crippen LogP contribution < -0.4 is 0 Å². The van der Waals surface area contributed by atoms with E-state index >= 15 is 0 Å². The van der Waals surface area contributed by atoms with E-state index in [0.717, 1.165) is 0 Å². The van der Waals surface area contributed by atoms with E-state index in [2.05, 4.69) is 4.98 Å². The number of alkyl halides is 1. The van der Waals surface area contributed by atoms with Gasteiger partial charge in [-0.15, -0.1) is 11.6 Å². The summed E-state index contributed by atoms with van der Waals surface area (Å²) in [6, 6.07) is 1.17. The highest BCUT2D eigenvalue weighted by Gasteiger charge is 2.06. The first kappa shape index (κ1) is 9.04. The van der Waals surface area contributed by atoms with Crippen molar-refractivity contribution in [3.63, 3.8) is 0 Å². The van der Waals surface area contributed by atoms with Gasteiger partial charge in [-0.05, 0) is 6.07 Å². The third kappa shape index (κ3) is 1.95. The van der Waals surface area contributed by atoms with Gasteiger partial charge in [0.2, 0.25) is 0 Å². The molecule has 0 unspecified atom stereocenters. The topological polar surface area (TPSA) is 12.9 Å². The molecule has 1 nitrogen and oxygen atoms in total. The van der Waals surface area contributed by atoms with Crippen molar-refractivity contribution >= 4 is 34.8 Å². The third-order valence-electron chi connectivity index (χ3n) is 1.10. The zero-order valence-electron chi connectivity index (χ0n) is 5.24. The molecule has 0 aliphatic rings. The zero-order chi connectivity index (χ0) is 8.43. The average Bonchev–Trinajstić information content (AvgIpc) is 1.97. The second-order valence-corrected chi connectivity index (χ2v) is 2.83. The molecule has 0 saturated heterocycles. The van der Waals surface area contributed by atoms with E-state index in [1.54, 1.807) is 0 Å². The summed E-state index contributed by atoms with van der Waals surface area (Å²) >= 11 is 16.3. The van der Waals surface area contributed by atoms with Crippen LogP contribution in [0.4, 0.5) is 4.39 Å². The van der Waals surface area contributed by atoms with Crippen molar-refractivity contribution in [3.8, 4) is 0 Å². The maximum Gasteiger partial charge on any atom is 0.166 e. The fraction of sp³-hybridized carbons (Fsp3) is 0.167. The molecule has 0 bridgehead atoms. The van der Waals surface area contributed by atoms with Gasteiger partial charge in [-0.25, -0.2) is 9.37 Å². The Bertz CT molecular complexity index is 277. The highest BCUT2D eigenvalue weighted by molar-refractivity contribution is 6.33. The molecule has 0 amide bonds. The second kappa shape index (κ2) is 3.57. The van der Waals surface area contributed by atoms with E-state index in [0.29, 0.717) is 5.56 Å². The predicted octanol–water partition coefficient (Wildman–Crippen LogP) is 3.27. The first-order valence-corrected chi connectivity index (χ1v) is 4.00. The molecular formula is C6H3Cl3FN. The minimum Gasteiger partial charge on any atom is -0.221 e. The number of nitrogens with zero attached hydrogens (tertiary/aromatic N) is 1. The first-order chi connectivity index (χ1) is 5.15. The quantitative estimate of drug-likeness (QED) is 0.516. The summed E-state index contributed by atoms with van der Waals surface area (Å²) in [6.07, 6.45) is 0. The van der Waals surface area contributed by atoms with E-state index in [1.165, 1.54) is 6.07 Å². The van der Waals surface area contributed by atoms with Crippen molar-refractivity contribution in [2.75, 3.05) is 0 Å². The predicted molar refractivity (Wildman–Crippen MR) is 43.8 cm³/mol. The van der Waals surface area contributed by atoms with Crippen LogP contribution in [0.1, 0.15) is 5.56 Å². The molecule has 1 aromatic rings. The van der Waals surface area contributed by atoms with Crippen molar-refractivity contribution in [2.45, 2.75) is 5.88 Å². The molecule has 0 fully saturated rings. The Morgan fingerprint density at radius 2 is 2.00 bits per heavy atom. The number of aromatic nitrogens is 1. The van der Waals surface area contributed by atoms with E-state index in [-0.39, 0.29) is 16.2 Å². The van der Waals surface area contributed by atoms with Gasteiger partial charge in [-0.1, -0.05) is 23.2 Å². The number of hydrogen-bond acceptors (Lipinski definition) is 1. The normalized spacial score (nSPS) is 10.2. The minimum atomic E-state index is -0.605. The van der Waals surface area contributed by atoms with E-state index in [1.807, 2.05) is 0 Å². The molecule has 11 heavy (non-hydrogen) atoms. The maximum absolute atomic E-state index is 12.6. The number of halogens is 4. The summed E-state index contributed by atoms with van der Waals surface area (Å²) in [5, 5.41) is -0.0877. The van der Waals surface area contributed by atoms with Crippen molar-refractivity contribution in [2.24, 2.45) is 0 Å². The van der Waals surface area contributed by atoms with Crippen LogP contribution >= 0.6 is 34.8 Å². The van der Waals surface area contributed by atoms with Gasteiger partial charge in [-0.3, -0.25) is 0 Å². The number of hydrogen-bond donors (Lipinski definition) is 0. The molecule has 0 saturated carbocycles. The standard InChI is InChI=1S/C6H3Cl3FN/c7-2-3-1-4(10)6(9)11-5(3)8/h1H,2H2. The first-order valence-electron chi connectivity index (χ1n) is 2.71. The van der Waals surface area contributed by atoms with Gasteiger partial charge < -0.3 is 0 Å². The maximum atomic E-state index is 12.6. The third-order valence-corrected chi connectivity index (χ3v) is 1.98. The van der Waals surface area contributed by atoms with E-state index in [9.17, 15) is 4.39 Å². The van der Waals surface area contributed by atoms with Crippen molar-refractivity contribution < 1.29 is 4.39 Å². The fourth-order valence-corrected chi connectivity index (χ4v) is 1.24. The fourth-order valence-electron chi connectivity index (χ4n) is 0.577. The summed E-state index contributed by atoms with van der Waals surface area (Å²) < 4.78 is 12.6. The van der Waals surface area contributed by atoms with E-state index in [4.69, 9.17) is 34.8 Å². The SMILES string of the molecule is Fc1cc(CCl)c(Cl)nc1Cl. The van der Waals surface area contributed by atoms with Gasteiger partial charge in [0.15, 0.2) is 11.0 Å². The van der Waals surface area contributed by atoms with Gasteiger partial charge in [-0.2, -0.15) is 0 Å². The molecule has 5 heteroatoms. The molecule has 1 heterocycles. The molecule has 1 aromatic heterocycles. The number of rotatable bonds is 1. The summed E-state index contributed by atoms with van der Waals surface area (Å²) in [7, 11) is 0. The summed E-state index contributed by atoms with van der Waals surface area (Å²) in [6.45, 7) is 0. The Morgan fingerprint density at radius 3 is 2.55 bits per heavy atom. The Morgan fingerprint density at radius 1 is 1.36 bits per heavy atom. The van der Waals surface area contributed by atoms with Crippen molar-refractivity contribution in [1.29, 1.82) is 0 Å². The van der Waals surface area contributed by atoms with Gasteiger partial charge >= 0.3 is 0 Å². The van der Waals surface area contributed by atoms with Gasteiger partial charge in [0.25, 0.3) is 0 Å². The molecule has 0 atom stereocenters. The summed E-state index contributed by atoms with van der Waals surface area (Å²) in [4.78, 5) is 3.52. The summed E-state index contributed by atoms with van der Waals surface area (Å²) in [5.74, 6) is -0.480. The van der Waals surface area contributed by atoms with Crippen LogP contribution in [-0.2, 0) is 5.88 Å². The Labute approximate surface area is 78.1 Å². The second-order valence-electron chi connectivity index (χ2n) is 1.84. The molecular weight excluding hydrogens is 211 g/mol. The molecule has 0 spiro atoms. The van der Waals surface area contributed by atoms with Gasteiger partial charge in [0.05, 0.1) is 5.88 Å². The highest BCUT2D eigenvalue weighted by Crippen LogP contribution is 2.21. The molecule has 0 radical (unpaired) electrons. The largest absolute Gasteiger partial charge is 0.221 e. The van der Waals surface area contributed by atoms with Crippen LogP contribution in [-0.4, -0.2) is 4.98 Å². The zero-order valence-corrected chi connectivity index (χ0v) is 7.51. The monoisotopic (exact) mass is 213 g/mol. The van der Waals surface area contributed by atoms with Crippen LogP contribution in [0.15, 0.2) is 6.07 Å². The number of pyridine rings is 1. The Balaban J connectivity index is 3.21. The Kier molecular flexibility index (Phi) is 2.93. The molecule has 0 aliphatic carbocycles. The molecule has 0 aromatic carbocycles. The average molecular weight is 214 g/mol. The van der Waals surface area contributed by atoms with Gasteiger partial charge in [0.1, 0.15) is 5.15 Å². The molecule has 0 aliphatic heterocycles. The Hall–Kier alpha value is -0.0500. The van der Waals surface area contributed by atoms with Crippen LogP contribution in [0.5, 0.6) is 0 Å². The lowest BCUT2D eigenvalue weighted by molar-refractivity contribution is 0.620. The lowest BCUT2D eigenvalue weighted by Crippen LogP contribution is -1.89. The summed E-state index contributed by atoms with van der Waals surface area (Å²) in [5.41, 5.74) is 0.440. The van der Waals surface area contributed by atoms with E-state index < -0.39 is 5.82 Å².